The second-order valence-corrected chi connectivity index (χ2v) is 9.80. The second kappa shape index (κ2) is 7.43. The lowest BCUT2D eigenvalue weighted by Gasteiger charge is -2.22. The first-order valence-electron chi connectivity index (χ1n) is 10.5. The fourth-order valence-corrected chi connectivity index (χ4v) is 5.99. The molecule has 1 fully saturated rings. The van der Waals surface area contributed by atoms with Crippen molar-refractivity contribution in [3.05, 3.63) is 66.2 Å². The van der Waals surface area contributed by atoms with E-state index in [9.17, 15) is 13.2 Å². The maximum Gasteiger partial charge on any atom is 0.262 e. The van der Waals surface area contributed by atoms with Crippen LogP contribution in [0.3, 0.4) is 0 Å². The predicted molar refractivity (Wildman–Crippen MR) is 119 cm³/mol. The molecule has 30 heavy (non-hydrogen) atoms. The number of carbonyl (C=O) groups is 1. The van der Waals surface area contributed by atoms with E-state index in [-0.39, 0.29) is 16.7 Å². The summed E-state index contributed by atoms with van der Waals surface area (Å²) >= 11 is 0. The Morgan fingerprint density at radius 1 is 0.967 bits per heavy atom. The first kappa shape index (κ1) is 19.1. The van der Waals surface area contributed by atoms with E-state index in [1.165, 1.54) is 0 Å². The van der Waals surface area contributed by atoms with Crippen molar-refractivity contribution in [2.45, 2.75) is 37.0 Å². The van der Waals surface area contributed by atoms with E-state index >= 15 is 0 Å². The zero-order valence-electron chi connectivity index (χ0n) is 16.7. The van der Waals surface area contributed by atoms with E-state index in [1.807, 2.05) is 41.3 Å². The Morgan fingerprint density at radius 2 is 1.73 bits per heavy atom. The van der Waals surface area contributed by atoms with Crippen molar-refractivity contribution in [3.63, 3.8) is 0 Å². The fraction of sp³-hybridized carbons (Fsp3) is 0.292. The summed E-state index contributed by atoms with van der Waals surface area (Å²) in [5.41, 5.74) is 2.41. The van der Waals surface area contributed by atoms with E-state index in [1.54, 1.807) is 24.3 Å². The monoisotopic (exact) mass is 420 g/mol. The highest BCUT2D eigenvalue weighted by Crippen LogP contribution is 2.36. The lowest BCUT2D eigenvalue weighted by molar-refractivity contribution is -0.122. The molecule has 1 N–H and O–H groups in total. The third kappa shape index (κ3) is 3.35. The van der Waals surface area contributed by atoms with Crippen molar-refractivity contribution in [1.29, 1.82) is 0 Å². The number of nitrogens with one attached hydrogen (secondary N) is 1. The molecule has 0 aromatic heterocycles. The van der Waals surface area contributed by atoms with Crippen LogP contribution in [-0.4, -0.2) is 20.9 Å². The van der Waals surface area contributed by atoms with Gasteiger partial charge in [-0.05, 0) is 48.4 Å². The average Bonchev–Trinajstić information content (AvgIpc) is 3.42. The number of hydrogen-bond donors (Lipinski definition) is 1. The van der Waals surface area contributed by atoms with E-state index in [0.29, 0.717) is 17.6 Å². The molecule has 0 radical (unpaired) electrons. The zero-order chi connectivity index (χ0) is 20.7. The van der Waals surface area contributed by atoms with Crippen molar-refractivity contribution in [2.75, 3.05) is 16.2 Å². The molecule has 1 aliphatic heterocycles. The summed E-state index contributed by atoms with van der Waals surface area (Å²) in [6, 6.07) is 18.2. The Kier molecular flexibility index (Phi) is 4.74. The molecular formula is C24H24N2O3S. The lowest BCUT2D eigenvalue weighted by atomic mass is 10.1. The Bertz CT molecular complexity index is 1220. The molecular weight excluding hydrogens is 396 g/mol. The molecule has 2 aliphatic rings. The highest BCUT2D eigenvalue weighted by molar-refractivity contribution is 7.93. The molecule has 5 nitrogen and oxygen atoms in total. The molecule has 5 rings (SSSR count). The molecule has 1 saturated carbocycles. The van der Waals surface area contributed by atoms with Gasteiger partial charge >= 0.3 is 0 Å². The van der Waals surface area contributed by atoms with Crippen LogP contribution in [0, 0.1) is 5.92 Å². The first-order chi connectivity index (χ1) is 14.5. The highest BCUT2D eigenvalue weighted by atomic mass is 32.2. The molecule has 1 heterocycles. The number of anilines is 2. The molecule has 0 spiro atoms. The van der Waals surface area contributed by atoms with Crippen LogP contribution >= 0.6 is 0 Å². The lowest BCUT2D eigenvalue weighted by Crippen LogP contribution is -2.33. The van der Waals surface area contributed by atoms with Crippen LogP contribution in [0.25, 0.3) is 10.8 Å². The Balaban J connectivity index is 1.46. The first-order valence-corrected chi connectivity index (χ1v) is 12.0. The van der Waals surface area contributed by atoms with Crippen LogP contribution < -0.4 is 9.62 Å². The number of nitrogens with zero attached hydrogens (tertiary/aromatic N) is 1. The van der Waals surface area contributed by atoms with Gasteiger partial charge in [-0.25, -0.2) is 8.42 Å². The SMILES string of the molecule is O=C(C1CCCC1)N1CCc2ccc(NS(=O)(=O)c3cccc4ccccc34)cc21. The number of benzene rings is 3. The van der Waals surface area contributed by atoms with Crippen molar-refractivity contribution >= 4 is 38.1 Å². The Hall–Kier alpha value is -2.86. The quantitative estimate of drug-likeness (QED) is 0.664. The van der Waals surface area contributed by atoms with E-state index in [0.717, 1.165) is 48.7 Å². The van der Waals surface area contributed by atoms with Crippen LogP contribution in [0.2, 0.25) is 0 Å². The highest BCUT2D eigenvalue weighted by Gasteiger charge is 2.32. The maximum atomic E-state index is 13.1. The Morgan fingerprint density at radius 3 is 2.57 bits per heavy atom. The zero-order valence-corrected chi connectivity index (χ0v) is 17.5. The summed E-state index contributed by atoms with van der Waals surface area (Å²) in [7, 11) is -3.76. The molecule has 0 atom stereocenters. The number of hydrogen-bond acceptors (Lipinski definition) is 3. The molecule has 3 aromatic rings. The molecule has 3 aromatic carbocycles. The third-order valence-corrected chi connectivity index (χ3v) is 7.68. The topological polar surface area (TPSA) is 66.5 Å². The minimum atomic E-state index is -3.76. The minimum absolute atomic E-state index is 0.104. The molecule has 0 saturated heterocycles. The number of amides is 1. The number of fused-ring (bicyclic) bond motifs is 2. The van der Waals surface area contributed by atoms with E-state index in [2.05, 4.69) is 4.72 Å². The van der Waals surface area contributed by atoms with Gasteiger partial charge in [0.15, 0.2) is 0 Å². The normalized spacial score (nSPS) is 16.7. The van der Waals surface area contributed by atoms with Gasteiger partial charge in [-0.3, -0.25) is 9.52 Å². The maximum absolute atomic E-state index is 13.1. The smallest absolute Gasteiger partial charge is 0.262 e. The second-order valence-electron chi connectivity index (χ2n) is 8.15. The summed E-state index contributed by atoms with van der Waals surface area (Å²) in [6.45, 7) is 0.671. The van der Waals surface area contributed by atoms with Crippen molar-refractivity contribution in [2.24, 2.45) is 5.92 Å². The Labute approximate surface area is 176 Å². The third-order valence-electron chi connectivity index (χ3n) is 6.24. The average molecular weight is 421 g/mol. The number of rotatable bonds is 4. The van der Waals surface area contributed by atoms with Gasteiger partial charge in [-0.1, -0.05) is 55.3 Å². The molecule has 1 amide bonds. The molecule has 6 heteroatoms. The molecule has 0 bridgehead atoms. The van der Waals surface area contributed by atoms with Gasteiger partial charge in [0.25, 0.3) is 10.0 Å². The van der Waals surface area contributed by atoms with Crippen LogP contribution in [0.1, 0.15) is 31.2 Å². The molecule has 154 valence electrons. The van der Waals surface area contributed by atoms with Gasteiger partial charge in [0.1, 0.15) is 0 Å². The van der Waals surface area contributed by atoms with E-state index < -0.39 is 10.0 Å². The predicted octanol–water partition coefficient (Wildman–Crippen LogP) is 4.72. The van der Waals surface area contributed by atoms with Crippen LogP contribution in [-0.2, 0) is 21.2 Å². The summed E-state index contributed by atoms with van der Waals surface area (Å²) in [4.78, 5) is 15.1. The van der Waals surface area contributed by atoms with Crippen LogP contribution in [0.15, 0.2) is 65.6 Å². The summed E-state index contributed by atoms with van der Waals surface area (Å²) in [5, 5.41) is 1.56. The van der Waals surface area contributed by atoms with Gasteiger partial charge < -0.3 is 4.90 Å². The number of sulfonamides is 1. The van der Waals surface area contributed by atoms with Crippen molar-refractivity contribution in [1.82, 2.24) is 0 Å². The summed E-state index contributed by atoms with van der Waals surface area (Å²) in [5.74, 6) is 0.285. The van der Waals surface area contributed by atoms with Gasteiger partial charge in [0, 0.05) is 23.5 Å². The largest absolute Gasteiger partial charge is 0.312 e. The summed E-state index contributed by atoms with van der Waals surface area (Å²) in [6.07, 6.45) is 4.95. The standard InChI is InChI=1S/C24H24N2O3S/c27-24(19-7-1-2-8-19)26-15-14-18-12-13-20(16-22(18)26)25-30(28,29)23-11-5-9-17-6-3-4-10-21(17)23/h3-6,9-13,16,19,25H,1-2,7-8,14-15H2. The fourth-order valence-electron chi connectivity index (χ4n) is 4.70. The summed E-state index contributed by atoms with van der Waals surface area (Å²) < 4.78 is 29.0. The van der Waals surface area contributed by atoms with Crippen molar-refractivity contribution < 1.29 is 13.2 Å². The number of carbonyl (C=O) groups excluding carboxylic acids is 1. The van der Waals surface area contributed by atoms with Crippen LogP contribution in [0.4, 0.5) is 11.4 Å². The molecule has 0 unspecified atom stereocenters. The van der Waals surface area contributed by atoms with Gasteiger partial charge in [-0.2, -0.15) is 0 Å². The molecule has 1 aliphatic carbocycles. The van der Waals surface area contributed by atoms with Crippen molar-refractivity contribution in [3.8, 4) is 0 Å². The van der Waals surface area contributed by atoms with Crippen LogP contribution in [0.5, 0.6) is 0 Å². The van der Waals surface area contributed by atoms with Gasteiger partial charge in [-0.15, -0.1) is 0 Å². The minimum Gasteiger partial charge on any atom is -0.312 e. The van der Waals surface area contributed by atoms with E-state index in [4.69, 9.17) is 0 Å². The van der Waals surface area contributed by atoms with Gasteiger partial charge in [0.05, 0.1) is 10.6 Å². The van der Waals surface area contributed by atoms with Gasteiger partial charge in [0.2, 0.25) is 5.91 Å².